The van der Waals surface area contributed by atoms with Gasteiger partial charge in [0.1, 0.15) is 11.8 Å². The minimum Gasteiger partial charge on any atom is -0.427 e. The van der Waals surface area contributed by atoms with Crippen LogP contribution in [-0.4, -0.2) is 40.7 Å². The van der Waals surface area contributed by atoms with Gasteiger partial charge in [-0.15, -0.1) is 0 Å². The fraction of sp³-hybridized carbons (Fsp3) is 0.565. The second-order valence-electron chi connectivity index (χ2n) is 8.54. The van der Waals surface area contributed by atoms with Crippen molar-refractivity contribution in [2.45, 2.75) is 76.8 Å². The van der Waals surface area contributed by atoms with E-state index >= 15 is 0 Å². The van der Waals surface area contributed by atoms with Crippen LogP contribution in [0.4, 0.5) is 5.69 Å². The van der Waals surface area contributed by atoms with Crippen molar-refractivity contribution in [3.63, 3.8) is 0 Å². The van der Waals surface area contributed by atoms with Gasteiger partial charge >= 0.3 is 5.97 Å². The summed E-state index contributed by atoms with van der Waals surface area (Å²) in [6.45, 7) is 1.31. The molecule has 2 aliphatic carbocycles. The molecule has 160 valence electrons. The van der Waals surface area contributed by atoms with Gasteiger partial charge in [0.15, 0.2) is 0 Å². The second kappa shape index (κ2) is 8.58. The van der Waals surface area contributed by atoms with E-state index in [0.29, 0.717) is 11.4 Å². The highest BCUT2D eigenvalue weighted by atomic mass is 16.5. The first kappa shape index (κ1) is 20.6. The molecule has 7 heteroatoms. The fourth-order valence-electron chi connectivity index (χ4n) is 4.60. The lowest BCUT2D eigenvalue weighted by Gasteiger charge is -2.35. The van der Waals surface area contributed by atoms with Gasteiger partial charge in [0.2, 0.25) is 11.8 Å². The van der Waals surface area contributed by atoms with Gasteiger partial charge in [-0.1, -0.05) is 25.7 Å². The Labute approximate surface area is 176 Å². The van der Waals surface area contributed by atoms with Gasteiger partial charge in [0.05, 0.1) is 12.1 Å². The van der Waals surface area contributed by atoms with E-state index in [-0.39, 0.29) is 36.1 Å². The SMILES string of the molecule is CC(=O)Oc1ccc(N2C(=O)CC(N(C(=O)C3CC3)C3CCCCCC3)C2=O)cc1. The summed E-state index contributed by atoms with van der Waals surface area (Å²) in [5.41, 5.74) is 0.433. The number of carbonyl (C=O) groups excluding carboxylic acids is 4. The smallest absolute Gasteiger partial charge is 0.308 e. The molecule has 3 fully saturated rings. The van der Waals surface area contributed by atoms with Crippen molar-refractivity contribution < 1.29 is 23.9 Å². The summed E-state index contributed by atoms with van der Waals surface area (Å²) >= 11 is 0. The Bertz CT molecular complexity index is 838. The number of benzene rings is 1. The highest BCUT2D eigenvalue weighted by Gasteiger charge is 2.48. The first-order chi connectivity index (χ1) is 14.5. The molecule has 0 aromatic heterocycles. The third kappa shape index (κ3) is 4.25. The van der Waals surface area contributed by atoms with Gasteiger partial charge in [-0.05, 0) is 49.9 Å². The maximum absolute atomic E-state index is 13.3. The number of imide groups is 1. The number of amides is 3. The number of ether oxygens (including phenoxy) is 1. The maximum Gasteiger partial charge on any atom is 0.308 e. The molecule has 2 saturated carbocycles. The molecule has 30 heavy (non-hydrogen) atoms. The van der Waals surface area contributed by atoms with Crippen molar-refractivity contribution in [2.24, 2.45) is 5.92 Å². The first-order valence-electron chi connectivity index (χ1n) is 10.9. The number of hydrogen-bond acceptors (Lipinski definition) is 5. The highest BCUT2D eigenvalue weighted by molar-refractivity contribution is 6.23. The van der Waals surface area contributed by atoms with E-state index in [9.17, 15) is 19.2 Å². The summed E-state index contributed by atoms with van der Waals surface area (Å²) in [6.07, 6.45) is 7.97. The molecule has 1 saturated heterocycles. The zero-order chi connectivity index (χ0) is 21.3. The molecule has 1 aliphatic heterocycles. The lowest BCUT2D eigenvalue weighted by atomic mass is 10.0. The Morgan fingerprint density at radius 1 is 0.967 bits per heavy atom. The Morgan fingerprint density at radius 3 is 2.17 bits per heavy atom. The Hall–Kier alpha value is -2.70. The average molecular weight is 412 g/mol. The van der Waals surface area contributed by atoms with Crippen molar-refractivity contribution in [3.8, 4) is 5.75 Å². The standard InChI is InChI=1S/C23H28N2O5/c1-15(26)30-19-12-10-18(11-13-19)25-21(27)14-20(23(25)29)24(22(28)16-8-9-16)17-6-4-2-3-5-7-17/h10-13,16-17,20H,2-9,14H2,1H3. The normalized spacial score (nSPS) is 22.7. The zero-order valence-electron chi connectivity index (χ0n) is 17.3. The molecule has 1 unspecified atom stereocenters. The predicted molar refractivity (Wildman–Crippen MR) is 110 cm³/mol. The van der Waals surface area contributed by atoms with Crippen molar-refractivity contribution in [1.29, 1.82) is 0 Å². The van der Waals surface area contributed by atoms with E-state index in [4.69, 9.17) is 4.74 Å². The van der Waals surface area contributed by atoms with Crippen LogP contribution in [0.2, 0.25) is 0 Å². The quantitative estimate of drug-likeness (QED) is 0.321. The molecule has 4 rings (SSSR count). The van der Waals surface area contributed by atoms with E-state index < -0.39 is 12.0 Å². The topological polar surface area (TPSA) is 84.0 Å². The van der Waals surface area contributed by atoms with Crippen LogP contribution in [0.1, 0.15) is 64.7 Å². The Balaban J connectivity index is 1.57. The third-order valence-corrected chi connectivity index (χ3v) is 6.21. The molecule has 1 heterocycles. The van der Waals surface area contributed by atoms with Crippen molar-refractivity contribution >= 4 is 29.4 Å². The molecular formula is C23H28N2O5. The van der Waals surface area contributed by atoms with Crippen LogP contribution in [0.25, 0.3) is 0 Å². The Kier molecular flexibility index (Phi) is 5.88. The summed E-state index contributed by atoms with van der Waals surface area (Å²) < 4.78 is 5.02. The van der Waals surface area contributed by atoms with Crippen LogP contribution in [0, 0.1) is 5.92 Å². The predicted octanol–water partition coefficient (Wildman–Crippen LogP) is 3.21. The van der Waals surface area contributed by atoms with E-state index in [1.165, 1.54) is 11.8 Å². The summed E-state index contributed by atoms with van der Waals surface area (Å²) in [5, 5.41) is 0. The zero-order valence-corrected chi connectivity index (χ0v) is 17.3. The number of rotatable bonds is 5. The summed E-state index contributed by atoms with van der Waals surface area (Å²) in [5.74, 6) is -0.668. The van der Waals surface area contributed by atoms with Gasteiger partial charge in [0.25, 0.3) is 5.91 Å². The van der Waals surface area contributed by atoms with Crippen LogP contribution in [0.15, 0.2) is 24.3 Å². The molecule has 0 radical (unpaired) electrons. The minimum absolute atomic E-state index is 0.00761. The van der Waals surface area contributed by atoms with E-state index in [2.05, 4.69) is 0 Å². The largest absolute Gasteiger partial charge is 0.427 e. The van der Waals surface area contributed by atoms with Crippen LogP contribution >= 0.6 is 0 Å². The molecule has 3 amide bonds. The molecule has 0 N–H and O–H groups in total. The molecular weight excluding hydrogens is 384 g/mol. The molecule has 1 aromatic rings. The molecule has 1 aromatic carbocycles. The summed E-state index contributed by atoms with van der Waals surface area (Å²) in [7, 11) is 0. The number of hydrogen-bond donors (Lipinski definition) is 0. The van der Waals surface area contributed by atoms with Gasteiger partial charge in [-0.2, -0.15) is 0 Å². The van der Waals surface area contributed by atoms with Crippen LogP contribution in [-0.2, 0) is 19.2 Å². The Morgan fingerprint density at radius 2 is 1.60 bits per heavy atom. The number of carbonyl (C=O) groups is 4. The van der Waals surface area contributed by atoms with Gasteiger partial charge in [-0.3, -0.25) is 19.2 Å². The molecule has 0 bridgehead atoms. The van der Waals surface area contributed by atoms with Gasteiger partial charge in [0, 0.05) is 18.9 Å². The lowest BCUT2D eigenvalue weighted by molar-refractivity contribution is -0.142. The molecule has 0 spiro atoms. The van der Waals surface area contributed by atoms with Crippen molar-refractivity contribution in [3.05, 3.63) is 24.3 Å². The third-order valence-electron chi connectivity index (χ3n) is 6.21. The lowest BCUT2D eigenvalue weighted by Crippen LogP contribution is -2.51. The van der Waals surface area contributed by atoms with E-state index in [1.54, 1.807) is 29.2 Å². The van der Waals surface area contributed by atoms with Gasteiger partial charge < -0.3 is 9.64 Å². The van der Waals surface area contributed by atoms with Gasteiger partial charge in [-0.25, -0.2) is 4.90 Å². The number of esters is 1. The van der Waals surface area contributed by atoms with E-state index in [1.807, 2.05) is 0 Å². The van der Waals surface area contributed by atoms with Crippen molar-refractivity contribution in [1.82, 2.24) is 4.90 Å². The molecule has 3 aliphatic rings. The van der Waals surface area contributed by atoms with E-state index in [0.717, 1.165) is 51.4 Å². The molecule has 7 nitrogen and oxygen atoms in total. The van der Waals surface area contributed by atoms with Crippen LogP contribution in [0.3, 0.4) is 0 Å². The van der Waals surface area contributed by atoms with Crippen molar-refractivity contribution in [2.75, 3.05) is 4.90 Å². The minimum atomic E-state index is -0.721. The van der Waals surface area contributed by atoms with Crippen LogP contribution in [0.5, 0.6) is 5.75 Å². The number of anilines is 1. The second-order valence-corrected chi connectivity index (χ2v) is 8.54. The van der Waals surface area contributed by atoms with Crippen LogP contribution < -0.4 is 9.64 Å². The maximum atomic E-state index is 13.3. The summed E-state index contributed by atoms with van der Waals surface area (Å²) in [6, 6.07) is 5.62. The monoisotopic (exact) mass is 412 g/mol. The summed E-state index contributed by atoms with van der Waals surface area (Å²) in [4.78, 5) is 53.3. The first-order valence-corrected chi connectivity index (χ1v) is 10.9. The average Bonchev–Trinajstić information content (AvgIpc) is 3.53. The fourth-order valence-corrected chi connectivity index (χ4v) is 4.60. The molecule has 1 atom stereocenters. The highest BCUT2D eigenvalue weighted by Crippen LogP contribution is 2.37. The number of nitrogens with zero attached hydrogens (tertiary/aromatic N) is 2.